The summed E-state index contributed by atoms with van der Waals surface area (Å²) in [5.74, 6) is 0.478. The van der Waals surface area contributed by atoms with Gasteiger partial charge in [0.2, 0.25) is 0 Å². The summed E-state index contributed by atoms with van der Waals surface area (Å²) in [7, 11) is -3.18. The maximum absolute atomic E-state index is 11.5. The lowest BCUT2D eigenvalue weighted by Gasteiger charge is -2.15. The number of fused-ring (bicyclic) bond motifs is 1. The van der Waals surface area contributed by atoms with Crippen molar-refractivity contribution in [3.63, 3.8) is 0 Å². The Balaban J connectivity index is 1.73. The van der Waals surface area contributed by atoms with Gasteiger partial charge in [-0.3, -0.25) is 4.18 Å². The highest BCUT2D eigenvalue weighted by Crippen LogP contribution is 2.44. The average molecular weight is 386 g/mol. The topological polar surface area (TPSA) is 175 Å². The van der Waals surface area contributed by atoms with Crippen LogP contribution in [0.3, 0.4) is 0 Å². The molecule has 2 aromatic rings. The molecule has 26 heavy (non-hydrogen) atoms. The number of aromatic nitrogens is 4. The smallest absolute Gasteiger partial charge is 0.337 e. The fourth-order valence-corrected chi connectivity index (χ4v) is 3.57. The summed E-state index contributed by atoms with van der Waals surface area (Å²) < 4.78 is 36.2. The molecule has 1 saturated carbocycles. The van der Waals surface area contributed by atoms with Gasteiger partial charge in [-0.15, -0.1) is 0 Å². The molecule has 0 radical (unpaired) electrons. The van der Waals surface area contributed by atoms with Crippen LogP contribution in [-0.2, 0) is 19.2 Å². The molecule has 2 aromatic heterocycles. The van der Waals surface area contributed by atoms with E-state index in [1.54, 1.807) is 0 Å². The van der Waals surface area contributed by atoms with Crippen molar-refractivity contribution in [2.75, 3.05) is 12.8 Å². The van der Waals surface area contributed by atoms with E-state index in [-0.39, 0.29) is 11.7 Å². The first-order valence-corrected chi connectivity index (χ1v) is 9.31. The monoisotopic (exact) mass is 386 g/mol. The van der Waals surface area contributed by atoms with Crippen LogP contribution in [0, 0.1) is 0 Å². The van der Waals surface area contributed by atoms with Crippen molar-refractivity contribution in [3.05, 3.63) is 12.0 Å². The number of nitrogens with one attached hydrogen (secondary N) is 1. The number of rotatable bonds is 5. The largest absolute Gasteiger partial charge is 0.386 e. The highest BCUT2D eigenvalue weighted by Gasteiger charge is 2.47. The summed E-state index contributed by atoms with van der Waals surface area (Å²) in [5, 5.41) is 25.5. The minimum absolute atomic E-state index is 0.221. The number of ether oxygens (including phenoxy) is 1. The van der Waals surface area contributed by atoms with Crippen molar-refractivity contribution >= 4 is 27.2 Å². The van der Waals surface area contributed by atoms with Gasteiger partial charge in [-0.05, 0) is 12.8 Å². The summed E-state index contributed by atoms with van der Waals surface area (Å²) in [6.07, 6.45) is -2.41. The van der Waals surface area contributed by atoms with Crippen LogP contribution in [0.25, 0.3) is 11.0 Å². The Morgan fingerprint density at radius 1 is 1.35 bits per heavy atom. The fraction of sp³-hybridized carbons (Fsp3) is 0.615. The van der Waals surface area contributed by atoms with E-state index in [0.717, 1.165) is 20.0 Å². The van der Waals surface area contributed by atoms with Gasteiger partial charge in [-0.25, -0.2) is 14.6 Å². The summed E-state index contributed by atoms with van der Waals surface area (Å²) in [4.78, 5) is 8.14. The van der Waals surface area contributed by atoms with Gasteiger partial charge in [0.1, 0.15) is 24.4 Å². The zero-order valence-electron chi connectivity index (χ0n) is 13.7. The lowest BCUT2D eigenvalue weighted by molar-refractivity contribution is -0.0455. The Hall–Kier alpha value is -1.90. The molecule has 1 aliphatic heterocycles. The first-order valence-electron chi connectivity index (χ1n) is 7.90. The van der Waals surface area contributed by atoms with Crippen LogP contribution >= 0.6 is 0 Å². The number of nitrogen functional groups attached to an aromatic ring is 1. The zero-order chi connectivity index (χ0) is 18.6. The molecule has 13 heteroatoms. The molecule has 1 saturated heterocycles. The number of hydrogen-bond donors (Lipinski definition) is 4. The number of anilines is 1. The molecule has 2 fully saturated rings. The highest BCUT2D eigenvalue weighted by molar-refractivity contribution is 7.84. The van der Waals surface area contributed by atoms with Crippen LogP contribution < -0.4 is 10.5 Å². The molecule has 0 amide bonds. The molecular formula is C13H18N6O6S. The van der Waals surface area contributed by atoms with Gasteiger partial charge in [-0.2, -0.15) is 18.2 Å². The Labute approximate surface area is 148 Å². The van der Waals surface area contributed by atoms with Crippen LogP contribution in [-0.4, -0.2) is 63.9 Å². The van der Waals surface area contributed by atoms with E-state index in [1.807, 2.05) is 4.72 Å². The van der Waals surface area contributed by atoms with E-state index >= 15 is 0 Å². The van der Waals surface area contributed by atoms with E-state index in [1.165, 1.54) is 11.0 Å². The zero-order valence-corrected chi connectivity index (χ0v) is 14.5. The Morgan fingerprint density at radius 2 is 2.08 bits per heavy atom. The van der Waals surface area contributed by atoms with Gasteiger partial charge in [0.25, 0.3) is 0 Å². The molecule has 142 valence electrons. The average Bonchev–Trinajstić information content (AvgIpc) is 3.33. The van der Waals surface area contributed by atoms with Crippen LogP contribution in [0.15, 0.2) is 6.33 Å². The highest BCUT2D eigenvalue weighted by atomic mass is 32.2. The summed E-state index contributed by atoms with van der Waals surface area (Å²) >= 11 is 0. The van der Waals surface area contributed by atoms with Crippen LogP contribution in [0.5, 0.6) is 0 Å². The quantitative estimate of drug-likeness (QED) is 0.465. The third-order valence-corrected chi connectivity index (χ3v) is 5.43. The van der Waals surface area contributed by atoms with Crippen LogP contribution in [0.2, 0.25) is 0 Å². The van der Waals surface area contributed by atoms with Gasteiger partial charge in [0.05, 0.1) is 18.2 Å². The van der Waals surface area contributed by atoms with Crippen molar-refractivity contribution in [1.29, 1.82) is 0 Å². The molecule has 4 atom stereocenters. The molecule has 0 bridgehead atoms. The van der Waals surface area contributed by atoms with Crippen molar-refractivity contribution < 1.29 is 27.6 Å². The molecule has 0 spiro atoms. The first-order chi connectivity index (χ1) is 12.3. The Kier molecular flexibility index (Phi) is 4.09. The minimum Gasteiger partial charge on any atom is -0.386 e. The van der Waals surface area contributed by atoms with Crippen molar-refractivity contribution in [1.82, 2.24) is 24.5 Å². The third kappa shape index (κ3) is 2.82. The van der Waals surface area contributed by atoms with Gasteiger partial charge in [-0.1, -0.05) is 0 Å². The van der Waals surface area contributed by atoms with E-state index in [4.69, 9.17) is 10.5 Å². The molecule has 4 rings (SSSR count). The van der Waals surface area contributed by atoms with E-state index in [2.05, 4.69) is 19.2 Å². The number of nitrogens with two attached hydrogens (primary N) is 1. The molecular weight excluding hydrogens is 368 g/mol. The second kappa shape index (κ2) is 6.07. The molecule has 2 aliphatic rings. The normalized spacial score (nSPS) is 29.5. The molecule has 12 nitrogen and oxygen atoms in total. The number of hydrogen-bond acceptors (Lipinski definition) is 10. The molecule has 3 heterocycles. The summed E-state index contributed by atoms with van der Waals surface area (Å²) in [6.45, 7) is 0. The van der Waals surface area contributed by atoms with Crippen molar-refractivity contribution in [3.8, 4) is 0 Å². The number of aliphatic hydroxyl groups is 2. The molecule has 1 aliphatic carbocycles. The van der Waals surface area contributed by atoms with Crippen LogP contribution in [0.4, 0.5) is 5.82 Å². The SMILES string of the molecule is COS(=O)(=O)N[C@@H]1O[C@@H](n2nc(C3CC3)c3c(N)ncnc32)[C@H](O)[C@@H]1O. The van der Waals surface area contributed by atoms with E-state index < -0.39 is 35.0 Å². The standard InChI is InChI=1S/C13H18N6O6S/c1-24-26(22,23)18-12-8(20)9(21)13(25-12)19-11-6(10(14)15-4-16-11)7(17-19)5-2-3-5/h4-5,8-9,12-13,18,20-21H,2-3H2,1H3,(H2,14,15,16)/t8-,9+,12+,13+/m0/s1. The van der Waals surface area contributed by atoms with Gasteiger partial charge in [0, 0.05) is 5.92 Å². The Morgan fingerprint density at radius 3 is 2.73 bits per heavy atom. The maximum atomic E-state index is 11.5. The lowest BCUT2D eigenvalue weighted by Crippen LogP contribution is -2.43. The summed E-state index contributed by atoms with van der Waals surface area (Å²) in [6, 6.07) is 0. The second-order valence-electron chi connectivity index (χ2n) is 6.23. The predicted octanol–water partition coefficient (Wildman–Crippen LogP) is -1.66. The Bertz CT molecular complexity index is 944. The van der Waals surface area contributed by atoms with E-state index in [9.17, 15) is 18.6 Å². The second-order valence-corrected chi connectivity index (χ2v) is 7.71. The van der Waals surface area contributed by atoms with Gasteiger partial charge in [0.15, 0.2) is 18.1 Å². The van der Waals surface area contributed by atoms with Crippen LogP contribution in [0.1, 0.15) is 30.7 Å². The molecule has 0 aromatic carbocycles. The van der Waals surface area contributed by atoms with Crippen molar-refractivity contribution in [2.45, 2.75) is 43.4 Å². The first kappa shape index (κ1) is 17.5. The fourth-order valence-electron chi connectivity index (χ4n) is 2.99. The minimum atomic E-state index is -4.13. The van der Waals surface area contributed by atoms with Gasteiger partial charge >= 0.3 is 10.3 Å². The third-order valence-electron chi connectivity index (χ3n) is 4.47. The van der Waals surface area contributed by atoms with Crippen molar-refractivity contribution in [2.24, 2.45) is 0 Å². The number of nitrogens with zero attached hydrogens (tertiary/aromatic N) is 4. The lowest BCUT2D eigenvalue weighted by atomic mass is 10.2. The maximum Gasteiger partial charge on any atom is 0.337 e. The summed E-state index contributed by atoms with van der Waals surface area (Å²) in [5.41, 5.74) is 7.00. The van der Waals surface area contributed by atoms with E-state index in [0.29, 0.717) is 16.7 Å². The number of aliphatic hydroxyl groups excluding tert-OH is 2. The predicted molar refractivity (Wildman–Crippen MR) is 86.7 cm³/mol. The molecule has 0 unspecified atom stereocenters. The molecule has 5 N–H and O–H groups in total. The van der Waals surface area contributed by atoms with Gasteiger partial charge < -0.3 is 20.7 Å².